The van der Waals surface area contributed by atoms with Gasteiger partial charge in [-0.05, 0) is 23.3 Å². The smallest absolute Gasteiger partial charge is 0.406 e. The summed E-state index contributed by atoms with van der Waals surface area (Å²) in [5.74, 6) is -0.379. The molecule has 8 heteroatoms. The molecule has 1 heterocycles. The molecular weight excluding hydrogens is 563 g/mol. The maximum absolute atomic E-state index is 15.9. The van der Waals surface area contributed by atoms with Crippen LogP contribution in [0.2, 0.25) is 0 Å². The Morgan fingerprint density at radius 2 is 1.10 bits per heavy atom. The van der Waals surface area contributed by atoms with Crippen LogP contribution in [0, 0.1) is 0 Å². The summed E-state index contributed by atoms with van der Waals surface area (Å²) in [6.07, 6.45) is -4.84. The normalized spacial score (nSPS) is 16.9. The molecule has 0 saturated heterocycles. The fraction of sp³-hybridized carbons (Fsp3) is 0.0303. The van der Waals surface area contributed by atoms with E-state index in [-0.39, 0.29) is 10.8 Å². The molecule has 6 rings (SSSR count). The minimum atomic E-state index is -4.84. The highest BCUT2D eigenvalue weighted by molar-refractivity contribution is 8.01. The highest BCUT2D eigenvalue weighted by Gasteiger charge is 2.51. The summed E-state index contributed by atoms with van der Waals surface area (Å²) in [7, 11) is -7.54. The van der Waals surface area contributed by atoms with Crippen LogP contribution in [0.3, 0.4) is 0 Å². The molecule has 1 aliphatic heterocycles. The maximum atomic E-state index is 15.9. The monoisotopic (exact) mass is 586 g/mol. The molecule has 5 aromatic carbocycles. The fourth-order valence-electron chi connectivity index (χ4n) is 5.38. The molecule has 0 N–H and O–H groups in total. The number of rotatable bonds is 6. The average Bonchev–Trinajstić information content (AvgIpc) is 3.28. The van der Waals surface area contributed by atoms with E-state index in [0.29, 0.717) is 37.9 Å². The van der Waals surface area contributed by atoms with Gasteiger partial charge in [-0.25, -0.2) is 0 Å². The quantitative estimate of drug-likeness (QED) is 0.192. The molecule has 1 aliphatic rings. The number of benzene rings is 5. The highest BCUT2D eigenvalue weighted by Crippen LogP contribution is 2.75. The van der Waals surface area contributed by atoms with Crippen LogP contribution in [-0.2, 0) is 9.13 Å². The second-order valence-corrected chi connectivity index (χ2v) is 15.2. The summed E-state index contributed by atoms with van der Waals surface area (Å²) in [5.41, 5.74) is 1.61. The first kappa shape index (κ1) is 27.1. The van der Waals surface area contributed by atoms with Crippen LogP contribution >= 0.6 is 14.3 Å². The van der Waals surface area contributed by atoms with Crippen molar-refractivity contribution < 1.29 is 27.0 Å². The molecule has 5 aromatic rings. The zero-order valence-electron chi connectivity index (χ0n) is 21.5. The molecular formula is C33H23F3O3P2. The molecule has 0 spiro atoms. The van der Waals surface area contributed by atoms with Crippen molar-refractivity contribution in [2.75, 3.05) is 0 Å². The molecule has 0 radical (unpaired) electrons. The summed E-state index contributed by atoms with van der Waals surface area (Å²) in [5, 5.41) is 2.37. The largest absolute Gasteiger partial charge is 0.573 e. The fourth-order valence-corrected chi connectivity index (χ4v) is 13.6. The number of fused-ring (bicyclic) bond motifs is 1. The Kier molecular flexibility index (Phi) is 6.85. The molecule has 204 valence electrons. The molecule has 1 unspecified atom stereocenters. The Morgan fingerprint density at radius 1 is 0.610 bits per heavy atom. The number of ether oxygens (including phenoxy) is 1. The molecule has 0 fully saturated rings. The standard InChI is InChI=1S/C33H23F3O3P2/c34-33(35,36)39-25-22-20-24(21-23-25)31-29-18-10-11-19-30(29)41(38,28-16-8-3-9-17-28)32(31)40(37,26-12-4-1-5-13-26)27-14-6-2-7-15-27/h1-23H. The third-order valence-electron chi connectivity index (χ3n) is 7.07. The van der Waals surface area contributed by atoms with Crippen LogP contribution in [0.25, 0.3) is 5.57 Å². The van der Waals surface area contributed by atoms with Crippen LogP contribution < -0.4 is 26.0 Å². The van der Waals surface area contributed by atoms with E-state index in [1.54, 1.807) is 84.9 Å². The lowest BCUT2D eigenvalue weighted by atomic mass is 10.00. The number of halogens is 3. The number of hydrogen-bond donors (Lipinski definition) is 0. The first-order valence-corrected chi connectivity index (χ1v) is 16.2. The Morgan fingerprint density at radius 3 is 1.63 bits per heavy atom. The third-order valence-corrected chi connectivity index (χ3v) is 14.5. The lowest BCUT2D eigenvalue weighted by Gasteiger charge is -2.28. The number of alkyl halides is 3. The minimum absolute atomic E-state index is 0.277. The van der Waals surface area contributed by atoms with Gasteiger partial charge in [-0.15, -0.1) is 13.2 Å². The zero-order valence-corrected chi connectivity index (χ0v) is 23.3. The van der Waals surface area contributed by atoms with E-state index in [0.717, 1.165) is 0 Å². The van der Waals surface area contributed by atoms with Gasteiger partial charge in [0.1, 0.15) is 5.75 Å². The van der Waals surface area contributed by atoms with E-state index in [1.165, 1.54) is 24.3 Å². The van der Waals surface area contributed by atoms with Gasteiger partial charge >= 0.3 is 6.36 Å². The first-order valence-electron chi connectivity index (χ1n) is 12.8. The van der Waals surface area contributed by atoms with Gasteiger partial charge in [-0.3, -0.25) is 0 Å². The van der Waals surface area contributed by atoms with Crippen LogP contribution in [-0.4, -0.2) is 6.36 Å². The van der Waals surface area contributed by atoms with Crippen molar-refractivity contribution in [1.82, 2.24) is 0 Å². The van der Waals surface area contributed by atoms with Crippen molar-refractivity contribution in [3.8, 4) is 5.75 Å². The van der Waals surface area contributed by atoms with Gasteiger partial charge in [0, 0.05) is 26.8 Å². The van der Waals surface area contributed by atoms with E-state index < -0.39 is 20.6 Å². The van der Waals surface area contributed by atoms with Crippen LogP contribution in [0.15, 0.2) is 145 Å². The second-order valence-electron chi connectivity index (χ2n) is 9.51. The number of hydrogen-bond acceptors (Lipinski definition) is 3. The summed E-state index contributed by atoms with van der Waals surface area (Å²) < 4.78 is 74.6. The van der Waals surface area contributed by atoms with E-state index in [4.69, 9.17) is 0 Å². The molecule has 1 atom stereocenters. The Bertz CT molecular complexity index is 1790. The van der Waals surface area contributed by atoms with E-state index >= 15 is 9.13 Å². The van der Waals surface area contributed by atoms with Crippen molar-refractivity contribution >= 4 is 41.1 Å². The van der Waals surface area contributed by atoms with Crippen LogP contribution in [0.5, 0.6) is 5.75 Å². The van der Waals surface area contributed by atoms with Crippen molar-refractivity contribution in [2.45, 2.75) is 6.36 Å². The van der Waals surface area contributed by atoms with Crippen LogP contribution in [0.4, 0.5) is 13.2 Å². The Hall–Kier alpha value is -4.11. The highest BCUT2D eigenvalue weighted by atomic mass is 31.2. The summed E-state index contributed by atoms with van der Waals surface area (Å²) in [4.78, 5) is 0. The SMILES string of the molecule is O=P(C1=C(c2ccc(OC(F)(F)F)cc2)c2ccccc2P1(=O)c1ccccc1)(c1ccccc1)c1ccccc1. The predicted molar refractivity (Wildman–Crippen MR) is 159 cm³/mol. The van der Waals surface area contributed by atoms with Gasteiger partial charge < -0.3 is 13.9 Å². The zero-order chi connectivity index (χ0) is 28.7. The molecule has 0 bridgehead atoms. The van der Waals surface area contributed by atoms with Gasteiger partial charge in [-0.2, -0.15) is 0 Å². The van der Waals surface area contributed by atoms with Gasteiger partial charge in [0.25, 0.3) is 0 Å². The third kappa shape index (κ3) is 4.68. The van der Waals surface area contributed by atoms with E-state index in [1.807, 2.05) is 30.3 Å². The topological polar surface area (TPSA) is 43.4 Å². The van der Waals surface area contributed by atoms with Gasteiger partial charge in [0.05, 0.1) is 5.06 Å². The summed E-state index contributed by atoms with van der Waals surface area (Å²) in [6, 6.07) is 39.6. The lowest BCUT2D eigenvalue weighted by molar-refractivity contribution is -0.274. The minimum Gasteiger partial charge on any atom is -0.406 e. The van der Waals surface area contributed by atoms with Gasteiger partial charge in [0.15, 0.2) is 14.3 Å². The summed E-state index contributed by atoms with van der Waals surface area (Å²) in [6.45, 7) is 0. The molecule has 0 aliphatic carbocycles. The Labute approximate surface area is 235 Å². The lowest BCUT2D eigenvalue weighted by Crippen LogP contribution is -2.22. The van der Waals surface area contributed by atoms with Gasteiger partial charge in [0.2, 0.25) is 0 Å². The maximum Gasteiger partial charge on any atom is 0.573 e. The molecule has 41 heavy (non-hydrogen) atoms. The van der Waals surface area contributed by atoms with Crippen molar-refractivity contribution in [3.63, 3.8) is 0 Å². The summed E-state index contributed by atoms with van der Waals surface area (Å²) >= 11 is 0. The van der Waals surface area contributed by atoms with Gasteiger partial charge in [-0.1, -0.05) is 127 Å². The second kappa shape index (κ2) is 10.4. The van der Waals surface area contributed by atoms with Crippen LogP contribution in [0.1, 0.15) is 11.1 Å². The molecule has 3 nitrogen and oxygen atoms in total. The first-order chi connectivity index (χ1) is 19.7. The predicted octanol–water partition coefficient (Wildman–Crippen LogP) is 7.64. The van der Waals surface area contributed by atoms with Crippen molar-refractivity contribution in [2.24, 2.45) is 0 Å². The average molecular weight is 586 g/mol. The molecule has 0 aromatic heterocycles. The molecule has 0 saturated carbocycles. The van der Waals surface area contributed by atoms with E-state index in [2.05, 4.69) is 4.74 Å². The molecule has 0 amide bonds. The van der Waals surface area contributed by atoms with Crippen molar-refractivity contribution in [3.05, 3.63) is 156 Å². The van der Waals surface area contributed by atoms with E-state index in [9.17, 15) is 13.2 Å². The van der Waals surface area contributed by atoms with Crippen molar-refractivity contribution in [1.29, 1.82) is 0 Å². The Balaban J connectivity index is 1.74.